The molecule has 0 aliphatic carbocycles. The van der Waals surface area contributed by atoms with Gasteiger partial charge in [-0.25, -0.2) is 4.98 Å². The number of carbonyl (C=O) groups is 1. The lowest BCUT2D eigenvalue weighted by Gasteiger charge is -2.36. The number of H-pyrrole nitrogens is 1. The Morgan fingerprint density at radius 1 is 1.18 bits per heavy atom. The Morgan fingerprint density at radius 2 is 1.85 bits per heavy atom. The third-order valence-electron chi connectivity index (χ3n) is 6.19. The summed E-state index contributed by atoms with van der Waals surface area (Å²) in [5.74, 6) is 0.462. The van der Waals surface area contributed by atoms with Gasteiger partial charge in [-0.05, 0) is 30.9 Å². The van der Waals surface area contributed by atoms with Gasteiger partial charge >= 0.3 is 0 Å². The van der Waals surface area contributed by atoms with E-state index in [0.29, 0.717) is 30.5 Å². The number of nitriles is 1. The first-order valence-electron chi connectivity index (χ1n) is 10.8. The third-order valence-corrected chi connectivity index (χ3v) is 8.06. The van der Waals surface area contributed by atoms with Crippen LogP contribution in [0.25, 0.3) is 0 Å². The summed E-state index contributed by atoms with van der Waals surface area (Å²) < 4.78 is 27.3. The number of nitrogens with one attached hydrogen (secondary N) is 2. The van der Waals surface area contributed by atoms with E-state index in [4.69, 9.17) is 10.2 Å². The minimum Gasteiger partial charge on any atom is -0.355 e. The highest BCUT2D eigenvalue weighted by Crippen LogP contribution is 2.32. The quantitative estimate of drug-likeness (QED) is 0.661. The van der Waals surface area contributed by atoms with E-state index >= 15 is 0 Å². The predicted octanol–water partition coefficient (Wildman–Crippen LogP) is 0.766. The van der Waals surface area contributed by atoms with E-state index in [1.165, 1.54) is 8.61 Å². The Labute approximate surface area is 192 Å². The molecule has 4 rings (SSSR count). The highest BCUT2D eigenvalue weighted by Gasteiger charge is 2.35. The van der Waals surface area contributed by atoms with Crippen molar-refractivity contribution in [2.24, 2.45) is 5.92 Å². The predicted molar refractivity (Wildman–Crippen MR) is 121 cm³/mol. The number of pyridine rings is 1. The molecule has 2 fully saturated rings. The molecule has 0 atom stereocenters. The molecule has 2 aliphatic rings. The number of piperidine rings is 1. The Balaban J connectivity index is 1.64. The van der Waals surface area contributed by atoms with Crippen molar-refractivity contribution in [3.63, 3.8) is 0 Å². The maximum Gasteiger partial charge on any atom is 0.293 e. The number of amides is 1. The first-order chi connectivity index (χ1) is 15.7. The van der Waals surface area contributed by atoms with E-state index in [9.17, 15) is 13.2 Å². The molecule has 4 heterocycles. The summed E-state index contributed by atoms with van der Waals surface area (Å²) in [7, 11) is -0.317. The van der Waals surface area contributed by atoms with Gasteiger partial charge in [-0.3, -0.25) is 9.89 Å². The molecule has 33 heavy (non-hydrogen) atoms. The average molecular weight is 474 g/mol. The summed E-state index contributed by atoms with van der Waals surface area (Å²) >= 11 is 0. The summed E-state index contributed by atoms with van der Waals surface area (Å²) in [4.78, 5) is 23.6. The van der Waals surface area contributed by atoms with E-state index < -0.39 is 16.1 Å². The van der Waals surface area contributed by atoms with Gasteiger partial charge in [0.25, 0.3) is 21.9 Å². The van der Waals surface area contributed by atoms with Crippen molar-refractivity contribution in [1.29, 1.82) is 5.26 Å². The minimum atomic E-state index is -3.44. The number of hydrogen-bond donors (Lipinski definition) is 2. The molecule has 0 unspecified atom stereocenters. The first kappa shape index (κ1) is 23.1. The zero-order chi connectivity index (χ0) is 23.8. The van der Waals surface area contributed by atoms with Crippen molar-refractivity contribution in [2.45, 2.75) is 25.7 Å². The number of rotatable bonds is 4. The summed E-state index contributed by atoms with van der Waals surface area (Å²) in [5.41, 5.74) is 1.29. The molecule has 2 aliphatic heterocycles. The summed E-state index contributed by atoms with van der Waals surface area (Å²) in [6.07, 6.45) is 2.03. The number of anilines is 2. The number of aromatic amines is 1. The van der Waals surface area contributed by atoms with Crippen LogP contribution in [0.4, 0.5) is 11.5 Å². The van der Waals surface area contributed by atoms with E-state index in [2.05, 4.69) is 32.3 Å². The molecule has 13 heteroatoms. The highest BCUT2D eigenvalue weighted by atomic mass is 32.2. The lowest BCUT2D eigenvalue weighted by Crippen LogP contribution is -2.49. The second kappa shape index (κ2) is 9.05. The van der Waals surface area contributed by atoms with Gasteiger partial charge in [0, 0.05) is 51.9 Å². The molecule has 12 nitrogen and oxygen atoms in total. The van der Waals surface area contributed by atoms with Gasteiger partial charge in [0.05, 0.1) is 5.69 Å². The maximum atomic E-state index is 12.7. The van der Waals surface area contributed by atoms with Gasteiger partial charge in [-0.1, -0.05) is 6.92 Å². The molecule has 0 aromatic carbocycles. The summed E-state index contributed by atoms with van der Waals surface area (Å²) in [5, 5.41) is 17.9. The molecule has 0 saturated carbocycles. The fourth-order valence-corrected chi connectivity index (χ4v) is 5.35. The molecule has 2 aromatic heterocycles. The van der Waals surface area contributed by atoms with E-state index in [-0.39, 0.29) is 17.6 Å². The lowest BCUT2D eigenvalue weighted by molar-refractivity contribution is 0.101. The zero-order valence-electron chi connectivity index (χ0n) is 18.8. The first-order valence-corrected chi connectivity index (χ1v) is 12.2. The largest absolute Gasteiger partial charge is 0.355 e. The van der Waals surface area contributed by atoms with Crippen LogP contribution >= 0.6 is 0 Å². The van der Waals surface area contributed by atoms with Gasteiger partial charge < -0.3 is 10.2 Å². The Bertz CT molecular complexity index is 1160. The lowest BCUT2D eigenvalue weighted by atomic mass is 9.99. The van der Waals surface area contributed by atoms with Gasteiger partial charge in [0.2, 0.25) is 5.82 Å². The van der Waals surface area contributed by atoms with Crippen LogP contribution in [0.3, 0.4) is 0 Å². The molecular weight excluding hydrogens is 446 g/mol. The van der Waals surface area contributed by atoms with Crippen molar-refractivity contribution >= 4 is 27.6 Å². The Kier molecular flexibility index (Phi) is 6.33. The van der Waals surface area contributed by atoms with Crippen LogP contribution in [-0.4, -0.2) is 83.4 Å². The van der Waals surface area contributed by atoms with E-state index in [1.54, 1.807) is 26.2 Å². The number of nitrogens with zero attached hydrogens (tertiary/aromatic N) is 7. The van der Waals surface area contributed by atoms with Crippen LogP contribution in [0.5, 0.6) is 0 Å². The van der Waals surface area contributed by atoms with E-state index in [1.807, 2.05) is 6.07 Å². The molecule has 176 valence electrons. The number of hydrogen-bond acceptors (Lipinski definition) is 8. The van der Waals surface area contributed by atoms with Crippen molar-refractivity contribution in [3.05, 3.63) is 29.5 Å². The second-order valence-electron chi connectivity index (χ2n) is 8.62. The Morgan fingerprint density at radius 3 is 2.45 bits per heavy atom. The third kappa shape index (κ3) is 4.68. The average Bonchev–Trinajstić information content (AvgIpc) is 3.28. The molecule has 2 saturated heterocycles. The molecule has 0 spiro atoms. The zero-order valence-corrected chi connectivity index (χ0v) is 19.6. The molecular formula is C20H27N9O3S. The van der Waals surface area contributed by atoms with Crippen LogP contribution in [0, 0.1) is 17.2 Å². The van der Waals surface area contributed by atoms with Crippen molar-refractivity contribution in [2.75, 3.05) is 50.5 Å². The summed E-state index contributed by atoms with van der Waals surface area (Å²) in [6.45, 7) is 4.49. The van der Waals surface area contributed by atoms with Crippen molar-refractivity contribution in [1.82, 2.24) is 28.8 Å². The molecule has 1 amide bonds. The monoisotopic (exact) mass is 473 g/mol. The van der Waals surface area contributed by atoms with Crippen LogP contribution in [0.2, 0.25) is 0 Å². The summed E-state index contributed by atoms with van der Waals surface area (Å²) in [6, 6.07) is 5.39. The van der Waals surface area contributed by atoms with Gasteiger partial charge in [-0.2, -0.15) is 27.3 Å². The molecule has 0 bridgehead atoms. The van der Waals surface area contributed by atoms with Gasteiger partial charge in [0.1, 0.15) is 6.07 Å². The smallest absolute Gasteiger partial charge is 0.293 e. The number of carbonyl (C=O) groups excluding carboxylic acids is 1. The van der Waals surface area contributed by atoms with Crippen molar-refractivity contribution in [3.8, 4) is 6.07 Å². The molecule has 0 radical (unpaired) electrons. The minimum absolute atomic E-state index is 0.0606. The van der Waals surface area contributed by atoms with Gasteiger partial charge in [-0.15, -0.1) is 5.10 Å². The number of aromatic nitrogens is 4. The fourth-order valence-electron chi connectivity index (χ4n) is 4.14. The Hall–Kier alpha value is -3.08. The van der Waals surface area contributed by atoms with Crippen LogP contribution in [0.1, 0.15) is 47.8 Å². The number of likely N-dealkylation sites (N-methyl/N-ethyl adjacent to an activating group) is 2. The van der Waals surface area contributed by atoms with E-state index in [0.717, 1.165) is 31.6 Å². The fraction of sp³-hybridized carbons (Fsp3) is 0.550. The van der Waals surface area contributed by atoms with Crippen molar-refractivity contribution < 1.29 is 13.2 Å². The van der Waals surface area contributed by atoms with Crippen LogP contribution < -0.4 is 10.2 Å². The normalized spacial score (nSPS) is 20.5. The van der Waals surface area contributed by atoms with Crippen LogP contribution in [-0.2, 0) is 10.2 Å². The topological polar surface area (TPSA) is 151 Å². The molecule has 2 N–H and O–H groups in total. The maximum absolute atomic E-state index is 12.7. The standard InChI is InChI=1S/C20H27N9O3S/c1-13-6-8-29(9-7-13)19-16(23-20(30)18-24-17(10-21)25-26-18)5-4-15(22-19)14-11-27(2)33(31,32)28(3)12-14/h4-5,13-14H,6-9,11-12H2,1-3H3,(H,23,30)(H,24,25,26). The van der Waals surface area contributed by atoms with Crippen LogP contribution in [0.15, 0.2) is 12.1 Å². The SMILES string of the molecule is CC1CCN(c2nc(C3CN(C)S(=O)(=O)N(C)C3)ccc2NC(=O)c2nc(C#N)n[nH]2)CC1. The molecule has 2 aromatic rings. The second-order valence-corrected chi connectivity index (χ2v) is 10.8. The van der Waals surface area contributed by atoms with Gasteiger partial charge in [0.15, 0.2) is 5.82 Å². The highest BCUT2D eigenvalue weighted by molar-refractivity contribution is 7.86.